The van der Waals surface area contributed by atoms with Crippen LogP contribution in [0.4, 0.5) is 0 Å². The van der Waals surface area contributed by atoms with Crippen LogP contribution in [0.25, 0.3) is 6.08 Å². The molecule has 0 saturated heterocycles. The van der Waals surface area contributed by atoms with Gasteiger partial charge in [0, 0.05) is 10.4 Å². The molecule has 0 saturated carbocycles. The van der Waals surface area contributed by atoms with Gasteiger partial charge in [0.2, 0.25) is 0 Å². The zero-order valence-corrected chi connectivity index (χ0v) is 7.34. The van der Waals surface area contributed by atoms with E-state index in [-0.39, 0.29) is 5.57 Å². The molecule has 1 aromatic rings. The molecule has 0 unspecified atom stereocenters. The van der Waals surface area contributed by atoms with Crippen molar-refractivity contribution in [2.75, 3.05) is 0 Å². The Morgan fingerprint density at radius 2 is 2.15 bits per heavy atom. The molecule has 62 valence electrons. The quantitative estimate of drug-likeness (QED) is 0.526. The molecule has 0 bridgehead atoms. The van der Waals surface area contributed by atoms with Crippen LogP contribution >= 0.6 is 11.3 Å². The average molecular weight is 188 g/mol. The van der Waals surface area contributed by atoms with Crippen molar-refractivity contribution in [1.82, 2.24) is 0 Å². The van der Waals surface area contributed by atoms with E-state index in [1.807, 2.05) is 0 Å². The number of hydrogen-bond donors (Lipinski definition) is 0. The largest absolute Gasteiger partial charge is 0.298 e. The summed E-state index contributed by atoms with van der Waals surface area (Å²) in [5.41, 5.74) is 0.513. The molecule has 1 rings (SSSR count). The van der Waals surface area contributed by atoms with Crippen LogP contribution in [0.1, 0.15) is 15.2 Å². The minimum atomic E-state index is 0.00514. The van der Waals surface area contributed by atoms with E-state index in [0.717, 1.165) is 0 Å². The minimum Gasteiger partial charge on any atom is -0.298 e. The highest BCUT2D eigenvalue weighted by atomic mass is 32.1. The normalized spacial score (nSPS) is 8.15. The monoisotopic (exact) mass is 188 g/mol. The van der Waals surface area contributed by atoms with Crippen LogP contribution in [-0.2, 0) is 0 Å². The summed E-state index contributed by atoms with van der Waals surface area (Å²) in [5, 5.41) is 18.7. The van der Waals surface area contributed by atoms with Crippen molar-refractivity contribution < 1.29 is 4.79 Å². The number of aldehydes is 1. The SMILES string of the molecule is N#CC(C#N)=Cc1sccc1C=O. The predicted octanol–water partition coefficient (Wildman–Crippen LogP) is 1.99. The van der Waals surface area contributed by atoms with Gasteiger partial charge in [0.05, 0.1) is 0 Å². The van der Waals surface area contributed by atoms with Gasteiger partial charge in [-0.1, -0.05) is 0 Å². The van der Waals surface area contributed by atoms with E-state index in [4.69, 9.17) is 10.5 Å². The molecule has 0 N–H and O–H groups in total. The summed E-state index contributed by atoms with van der Waals surface area (Å²) in [4.78, 5) is 11.1. The van der Waals surface area contributed by atoms with Gasteiger partial charge in [-0.2, -0.15) is 10.5 Å². The van der Waals surface area contributed by atoms with E-state index in [2.05, 4.69) is 0 Å². The van der Waals surface area contributed by atoms with Crippen molar-refractivity contribution in [3.8, 4) is 12.1 Å². The number of carbonyl (C=O) groups is 1. The summed E-state index contributed by atoms with van der Waals surface area (Å²) in [7, 11) is 0. The van der Waals surface area contributed by atoms with Gasteiger partial charge in [0.1, 0.15) is 17.7 Å². The topological polar surface area (TPSA) is 64.7 Å². The second-order valence-corrected chi connectivity index (χ2v) is 3.09. The third-order valence-electron chi connectivity index (χ3n) is 1.37. The molecular weight excluding hydrogens is 184 g/mol. The summed E-state index contributed by atoms with van der Waals surface area (Å²) >= 11 is 1.32. The first kappa shape index (κ1) is 9.18. The minimum absolute atomic E-state index is 0.00514. The van der Waals surface area contributed by atoms with Crippen LogP contribution in [0, 0.1) is 22.7 Å². The van der Waals surface area contributed by atoms with Crippen LogP contribution < -0.4 is 0 Å². The van der Waals surface area contributed by atoms with Crippen LogP contribution in [0.15, 0.2) is 17.0 Å². The Morgan fingerprint density at radius 3 is 2.69 bits per heavy atom. The molecular formula is C9H4N2OS. The Balaban J connectivity index is 3.12. The molecule has 0 spiro atoms. The first-order valence-corrected chi connectivity index (χ1v) is 4.24. The maximum atomic E-state index is 10.5. The molecule has 0 atom stereocenters. The molecule has 3 nitrogen and oxygen atoms in total. The van der Waals surface area contributed by atoms with E-state index >= 15 is 0 Å². The number of rotatable bonds is 2. The van der Waals surface area contributed by atoms with Crippen molar-refractivity contribution in [1.29, 1.82) is 10.5 Å². The fourth-order valence-electron chi connectivity index (χ4n) is 0.766. The third kappa shape index (κ3) is 2.02. The lowest BCUT2D eigenvalue weighted by Crippen LogP contribution is -1.78. The maximum absolute atomic E-state index is 10.5. The van der Waals surface area contributed by atoms with Crippen LogP contribution in [0.5, 0.6) is 0 Å². The van der Waals surface area contributed by atoms with Gasteiger partial charge in [-0.25, -0.2) is 0 Å². The fraction of sp³-hybridized carbons (Fsp3) is 0. The summed E-state index contributed by atoms with van der Waals surface area (Å²) in [6.07, 6.45) is 2.11. The van der Waals surface area contributed by atoms with Crippen molar-refractivity contribution in [3.63, 3.8) is 0 Å². The first-order chi connectivity index (χ1) is 6.31. The number of hydrogen-bond acceptors (Lipinski definition) is 4. The second kappa shape index (κ2) is 4.20. The summed E-state index contributed by atoms with van der Waals surface area (Å²) in [5.74, 6) is 0. The number of nitrogens with zero attached hydrogens (tertiary/aromatic N) is 2. The van der Waals surface area contributed by atoms with Gasteiger partial charge in [-0.15, -0.1) is 11.3 Å². The van der Waals surface area contributed by atoms with E-state index in [0.29, 0.717) is 16.7 Å². The molecule has 0 fully saturated rings. The molecule has 1 aromatic heterocycles. The Hall–Kier alpha value is -1.91. The van der Waals surface area contributed by atoms with Gasteiger partial charge in [0.25, 0.3) is 0 Å². The van der Waals surface area contributed by atoms with Gasteiger partial charge in [-0.3, -0.25) is 4.79 Å². The zero-order valence-electron chi connectivity index (χ0n) is 6.52. The molecule has 1 heterocycles. The van der Waals surface area contributed by atoms with E-state index in [1.54, 1.807) is 23.6 Å². The highest BCUT2D eigenvalue weighted by Crippen LogP contribution is 2.18. The Labute approximate surface area is 79.2 Å². The van der Waals surface area contributed by atoms with Crippen molar-refractivity contribution in [2.24, 2.45) is 0 Å². The smallest absolute Gasteiger partial charge is 0.151 e. The number of carbonyl (C=O) groups excluding carboxylic acids is 1. The van der Waals surface area contributed by atoms with Crippen LogP contribution in [0.3, 0.4) is 0 Å². The second-order valence-electron chi connectivity index (χ2n) is 2.14. The molecule has 13 heavy (non-hydrogen) atoms. The third-order valence-corrected chi connectivity index (χ3v) is 2.25. The molecule has 0 aliphatic heterocycles. The maximum Gasteiger partial charge on any atom is 0.151 e. The van der Waals surface area contributed by atoms with Gasteiger partial charge in [-0.05, 0) is 17.5 Å². The fourth-order valence-corrected chi connectivity index (χ4v) is 1.57. The predicted molar refractivity (Wildman–Crippen MR) is 48.9 cm³/mol. The molecule has 0 aliphatic carbocycles. The van der Waals surface area contributed by atoms with Crippen LogP contribution in [0.2, 0.25) is 0 Å². The van der Waals surface area contributed by atoms with E-state index in [9.17, 15) is 4.79 Å². The molecule has 0 amide bonds. The lowest BCUT2D eigenvalue weighted by atomic mass is 10.2. The lowest BCUT2D eigenvalue weighted by Gasteiger charge is -1.86. The average Bonchev–Trinajstić information content (AvgIpc) is 2.61. The highest BCUT2D eigenvalue weighted by Gasteiger charge is 2.01. The van der Waals surface area contributed by atoms with Crippen molar-refractivity contribution in [3.05, 3.63) is 27.5 Å². The van der Waals surface area contributed by atoms with Crippen molar-refractivity contribution >= 4 is 23.7 Å². The van der Waals surface area contributed by atoms with E-state index in [1.165, 1.54) is 17.4 Å². The number of thiophene rings is 1. The highest BCUT2D eigenvalue weighted by molar-refractivity contribution is 7.11. The standard InChI is InChI=1S/C9H4N2OS/c10-4-7(5-11)3-9-8(6-12)1-2-13-9/h1-3,6H. The number of nitriles is 2. The van der Waals surface area contributed by atoms with E-state index < -0.39 is 0 Å². The summed E-state index contributed by atoms with van der Waals surface area (Å²) < 4.78 is 0. The van der Waals surface area contributed by atoms with Gasteiger partial charge < -0.3 is 0 Å². The first-order valence-electron chi connectivity index (χ1n) is 3.36. The van der Waals surface area contributed by atoms with Crippen molar-refractivity contribution in [2.45, 2.75) is 0 Å². The molecule has 0 aliphatic rings. The molecule has 4 heteroatoms. The Morgan fingerprint density at radius 1 is 1.46 bits per heavy atom. The number of allylic oxidation sites excluding steroid dienone is 1. The summed E-state index contributed by atoms with van der Waals surface area (Å²) in [6, 6.07) is 5.11. The zero-order chi connectivity index (χ0) is 9.68. The Kier molecular flexibility index (Phi) is 2.97. The Bertz CT molecular complexity index is 415. The van der Waals surface area contributed by atoms with Crippen LogP contribution in [-0.4, -0.2) is 6.29 Å². The van der Waals surface area contributed by atoms with Gasteiger partial charge in [0.15, 0.2) is 6.29 Å². The summed E-state index contributed by atoms with van der Waals surface area (Å²) in [6.45, 7) is 0. The molecule has 0 radical (unpaired) electrons. The van der Waals surface area contributed by atoms with Gasteiger partial charge >= 0.3 is 0 Å². The lowest BCUT2D eigenvalue weighted by molar-refractivity contribution is 0.112. The molecule has 0 aromatic carbocycles.